The molecule has 2 rings (SSSR count). The van der Waals surface area contributed by atoms with Crippen LogP contribution >= 0.6 is 0 Å². The largest absolute Gasteiger partial charge is 0.381 e. The molecular weight excluding hydrogens is 224 g/mol. The van der Waals surface area contributed by atoms with Gasteiger partial charge in [-0.05, 0) is 45.7 Å². The third-order valence-electron chi connectivity index (χ3n) is 4.59. The minimum Gasteiger partial charge on any atom is -0.381 e. The van der Waals surface area contributed by atoms with Crippen LogP contribution in [0.3, 0.4) is 0 Å². The molecule has 0 aliphatic carbocycles. The topological polar surface area (TPSA) is 24.5 Å². The predicted octanol–water partition coefficient (Wildman–Crippen LogP) is 2.27. The molecule has 2 aliphatic heterocycles. The number of hydrogen-bond donors (Lipinski definition) is 1. The highest BCUT2D eigenvalue weighted by atomic mass is 16.5. The minimum atomic E-state index is 0.376. The summed E-state index contributed by atoms with van der Waals surface area (Å²) < 4.78 is 5.70. The third kappa shape index (κ3) is 3.69. The average Bonchev–Trinajstić information content (AvgIpc) is 2.82. The Morgan fingerprint density at radius 2 is 2.28 bits per heavy atom. The van der Waals surface area contributed by atoms with Gasteiger partial charge in [-0.3, -0.25) is 4.90 Å². The van der Waals surface area contributed by atoms with Gasteiger partial charge in [-0.15, -0.1) is 0 Å². The second-order valence-electron chi connectivity index (χ2n) is 6.29. The van der Waals surface area contributed by atoms with Crippen molar-refractivity contribution in [1.29, 1.82) is 0 Å². The Bertz CT molecular complexity index is 239. The Labute approximate surface area is 112 Å². The molecule has 18 heavy (non-hydrogen) atoms. The van der Waals surface area contributed by atoms with Crippen molar-refractivity contribution in [3.63, 3.8) is 0 Å². The van der Waals surface area contributed by atoms with Gasteiger partial charge < -0.3 is 10.1 Å². The lowest BCUT2D eigenvalue weighted by molar-refractivity contribution is 0.0718. The van der Waals surface area contributed by atoms with E-state index in [2.05, 4.69) is 24.1 Å². The summed E-state index contributed by atoms with van der Waals surface area (Å²) in [5, 5.41) is 3.62. The van der Waals surface area contributed by atoms with Crippen LogP contribution in [0.5, 0.6) is 0 Å². The zero-order valence-electron chi connectivity index (χ0n) is 12.2. The molecule has 0 radical (unpaired) electrons. The maximum Gasteiger partial charge on any atom is 0.0547 e. The normalized spacial score (nSPS) is 34.0. The number of nitrogens with one attached hydrogen (secondary N) is 1. The molecule has 2 atom stereocenters. The summed E-state index contributed by atoms with van der Waals surface area (Å²) in [6.07, 6.45) is 6.61. The first-order valence-electron chi connectivity index (χ1n) is 7.78. The fourth-order valence-corrected chi connectivity index (χ4v) is 3.32. The van der Waals surface area contributed by atoms with E-state index in [1.54, 1.807) is 0 Å². The fraction of sp³-hybridized carbons (Fsp3) is 1.00. The van der Waals surface area contributed by atoms with Crippen LogP contribution in [-0.4, -0.2) is 50.3 Å². The summed E-state index contributed by atoms with van der Waals surface area (Å²) in [7, 11) is 0. The third-order valence-corrected chi connectivity index (χ3v) is 4.59. The van der Waals surface area contributed by atoms with Crippen LogP contribution in [0.2, 0.25) is 0 Å². The molecule has 0 amide bonds. The highest BCUT2D eigenvalue weighted by molar-refractivity contribution is 4.90. The lowest BCUT2D eigenvalue weighted by Gasteiger charge is -2.40. The van der Waals surface area contributed by atoms with Crippen molar-refractivity contribution in [2.75, 3.05) is 39.4 Å². The molecule has 3 nitrogen and oxygen atoms in total. The molecule has 0 aromatic heterocycles. The molecule has 106 valence electrons. The van der Waals surface area contributed by atoms with E-state index >= 15 is 0 Å². The minimum absolute atomic E-state index is 0.376. The van der Waals surface area contributed by atoms with Gasteiger partial charge in [0.1, 0.15) is 0 Å². The number of likely N-dealkylation sites (tertiary alicyclic amines) is 1. The zero-order valence-corrected chi connectivity index (χ0v) is 12.2. The van der Waals surface area contributed by atoms with Gasteiger partial charge in [-0.2, -0.15) is 0 Å². The Hall–Kier alpha value is -0.120. The molecule has 0 aromatic carbocycles. The van der Waals surface area contributed by atoms with Gasteiger partial charge in [0.25, 0.3) is 0 Å². The van der Waals surface area contributed by atoms with Crippen molar-refractivity contribution in [1.82, 2.24) is 10.2 Å². The number of hydrogen-bond acceptors (Lipinski definition) is 3. The second kappa shape index (κ2) is 6.88. The van der Waals surface area contributed by atoms with Crippen LogP contribution in [0.4, 0.5) is 0 Å². The van der Waals surface area contributed by atoms with Gasteiger partial charge in [0, 0.05) is 31.2 Å². The summed E-state index contributed by atoms with van der Waals surface area (Å²) in [5.74, 6) is 0. The number of ether oxygens (including phenoxy) is 1. The van der Waals surface area contributed by atoms with E-state index in [1.807, 2.05) is 0 Å². The lowest BCUT2D eigenvalue weighted by Crippen LogP contribution is -2.49. The van der Waals surface area contributed by atoms with Crippen molar-refractivity contribution in [2.45, 2.75) is 52.0 Å². The Morgan fingerprint density at radius 3 is 2.94 bits per heavy atom. The highest BCUT2D eigenvalue weighted by Gasteiger charge is 2.37. The van der Waals surface area contributed by atoms with Crippen LogP contribution in [0, 0.1) is 5.41 Å². The number of piperidine rings is 1. The Balaban J connectivity index is 1.88. The van der Waals surface area contributed by atoms with Crippen molar-refractivity contribution < 1.29 is 4.74 Å². The lowest BCUT2D eigenvalue weighted by atomic mass is 9.85. The van der Waals surface area contributed by atoms with Crippen LogP contribution in [-0.2, 0) is 4.74 Å². The molecule has 2 heterocycles. The van der Waals surface area contributed by atoms with Crippen molar-refractivity contribution >= 4 is 0 Å². The molecule has 2 fully saturated rings. The molecule has 0 aromatic rings. The van der Waals surface area contributed by atoms with Gasteiger partial charge >= 0.3 is 0 Å². The molecule has 2 aliphatic rings. The number of nitrogens with zero attached hydrogens (tertiary/aromatic N) is 1. The van der Waals surface area contributed by atoms with Gasteiger partial charge in [0.05, 0.1) is 6.61 Å². The number of rotatable bonds is 6. The summed E-state index contributed by atoms with van der Waals surface area (Å²) >= 11 is 0. The molecule has 0 bridgehead atoms. The first-order valence-corrected chi connectivity index (χ1v) is 7.78. The summed E-state index contributed by atoms with van der Waals surface area (Å²) in [5.41, 5.74) is 0.376. The first-order chi connectivity index (χ1) is 8.76. The van der Waals surface area contributed by atoms with E-state index in [1.165, 1.54) is 45.2 Å². The molecule has 3 heteroatoms. The molecular formula is C15H30N2O. The van der Waals surface area contributed by atoms with E-state index in [0.717, 1.165) is 32.3 Å². The van der Waals surface area contributed by atoms with E-state index < -0.39 is 0 Å². The van der Waals surface area contributed by atoms with E-state index in [-0.39, 0.29) is 0 Å². The Morgan fingerprint density at radius 1 is 1.39 bits per heavy atom. The van der Waals surface area contributed by atoms with Crippen LogP contribution in [0.1, 0.15) is 46.0 Å². The van der Waals surface area contributed by atoms with Crippen molar-refractivity contribution in [2.24, 2.45) is 5.41 Å². The highest BCUT2D eigenvalue weighted by Crippen LogP contribution is 2.31. The second-order valence-corrected chi connectivity index (χ2v) is 6.29. The first kappa shape index (κ1) is 14.3. The molecule has 0 spiro atoms. The van der Waals surface area contributed by atoms with Gasteiger partial charge in [0.15, 0.2) is 0 Å². The van der Waals surface area contributed by atoms with Crippen molar-refractivity contribution in [3.05, 3.63) is 0 Å². The van der Waals surface area contributed by atoms with Crippen LogP contribution < -0.4 is 5.32 Å². The molecule has 2 saturated heterocycles. The smallest absolute Gasteiger partial charge is 0.0547 e. The molecule has 0 saturated carbocycles. The van der Waals surface area contributed by atoms with Crippen LogP contribution in [0.25, 0.3) is 0 Å². The standard InChI is InChI=1S/C15H30N2O/c1-3-8-16-11-15(7-10-18-13-15)12-17-9-5-4-6-14(17)2/h14,16H,3-13H2,1-2H3. The predicted molar refractivity (Wildman–Crippen MR) is 75.9 cm³/mol. The van der Waals surface area contributed by atoms with E-state index in [4.69, 9.17) is 4.74 Å². The zero-order chi connectivity index (χ0) is 12.8. The SMILES string of the molecule is CCCNCC1(CN2CCCCC2C)CCOC1. The van der Waals surface area contributed by atoms with E-state index in [0.29, 0.717) is 5.41 Å². The van der Waals surface area contributed by atoms with Gasteiger partial charge in [-0.1, -0.05) is 13.3 Å². The van der Waals surface area contributed by atoms with E-state index in [9.17, 15) is 0 Å². The average molecular weight is 254 g/mol. The van der Waals surface area contributed by atoms with Crippen LogP contribution in [0.15, 0.2) is 0 Å². The van der Waals surface area contributed by atoms with Crippen molar-refractivity contribution in [3.8, 4) is 0 Å². The molecule has 2 unspecified atom stereocenters. The maximum absolute atomic E-state index is 5.70. The van der Waals surface area contributed by atoms with Gasteiger partial charge in [0.2, 0.25) is 0 Å². The van der Waals surface area contributed by atoms with Gasteiger partial charge in [-0.25, -0.2) is 0 Å². The summed E-state index contributed by atoms with van der Waals surface area (Å²) in [6, 6.07) is 0.766. The summed E-state index contributed by atoms with van der Waals surface area (Å²) in [6.45, 7) is 11.3. The quantitative estimate of drug-likeness (QED) is 0.736. The Kier molecular flexibility index (Phi) is 5.46. The monoisotopic (exact) mass is 254 g/mol. The fourth-order valence-electron chi connectivity index (χ4n) is 3.32. The maximum atomic E-state index is 5.70. The molecule has 1 N–H and O–H groups in total. The summed E-state index contributed by atoms with van der Waals surface area (Å²) in [4.78, 5) is 2.70.